The van der Waals surface area contributed by atoms with E-state index in [1.165, 1.54) is 12.1 Å². The Morgan fingerprint density at radius 2 is 1.88 bits per heavy atom. The minimum absolute atomic E-state index is 0.0887. The summed E-state index contributed by atoms with van der Waals surface area (Å²) in [6, 6.07) is 12.3. The Bertz CT molecular complexity index is 915. The van der Waals surface area contributed by atoms with Crippen molar-refractivity contribution in [1.29, 1.82) is 0 Å². The average Bonchev–Trinajstić information content (AvgIpc) is 2.98. The predicted octanol–water partition coefficient (Wildman–Crippen LogP) is 4.55. The van der Waals surface area contributed by atoms with Crippen LogP contribution in [0.2, 0.25) is 0 Å². The molecule has 1 heterocycles. The van der Waals surface area contributed by atoms with Crippen LogP contribution >= 0.6 is 0 Å². The second-order valence-electron chi connectivity index (χ2n) is 6.36. The fraction of sp³-hybridized carbons (Fsp3) is 0.300. The lowest BCUT2D eigenvalue weighted by atomic mass is 9.89. The zero-order chi connectivity index (χ0) is 18.1. The second-order valence-corrected chi connectivity index (χ2v) is 6.36. The third kappa shape index (κ3) is 3.14. The number of carboxylic acids is 1. The van der Waals surface area contributed by atoms with Crippen molar-refractivity contribution in [3.63, 3.8) is 0 Å². The SMILES string of the molecule is CCc1nc2ccc(F)cc2n1-c1ccc(C(C)C(C)C(=O)O)cc1. The van der Waals surface area contributed by atoms with Crippen LogP contribution in [0.3, 0.4) is 0 Å². The van der Waals surface area contributed by atoms with Gasteiger partial charge in [-0.2, -0.15) is 0 Å². The number of benzene rings is 2. The summed E-state index contributed by atoms with van der Waals surface area (Å²) in [6.07, 6.45) is 0.727. The van der Waals surface area contributed by atoms with Gasteiger partial charge in [0.15, 0.2) is 0 Å². The molecule has 0 fully saturated rings. The maximum Gasteiger partial charge on any atom is 0.306 e. The fourth-order valence-corrected chi connectivity index (χ4v) is 3.05. The number of aryl methyl sites for hydroxylation is 1. The van der Waals surface area contributed by atoms with Crippen molar-refractivity contribution >= 4 is 17.0 Å². The zero-order valence-corrected chi connectivity index (χ0v) is 14.5. The van der Waals surface area contributed by atoms with E-state index in [2.05, 4.69) is 4.98 Å². The number of halogens is 1. The summed E-state index contributed by atoms with van der Waals surface area (Å²) in [7, 11) is 0. The van der Waals surface area contributed by atoms with Crippen LogP contribution < -0.4 is 0 Å². The van der Waals surface area contributed by atoms with Crippen LogP contribution in [-0.4, -0.2) is 20.6 Å². The highest BCUT2D eigenvalue weighted by Crippen LogP contribution is 2.27. The molecule has 2 unspecified atom stereocenters. The van der Waals surface area contributed by atoms with Gasteiger partial charge in [0.2, 0.25) is 0 Å². The highest BCUT2D eigenvalue weighted by atomic mass is 19.1. The van der Waals surface area contributed by atoms with E-state index >= 15 is 0 Å². The standard InChI is InChI=1S/C20H21FN2O2/c1-4-19-22-17-10-7-15(21)11-18(17)23(19)16-8-5-14(6-9-16)12(2)13(3)20(24)25/h5-13H,4H2,1-3H3,(H,24,25). The number of imidazole rings is 1. The Morgan fingerprint density at radius 3 is 2.48 bits per heavy atom. The topological polar surface area (TPSA) is 55.1 Å². The van der Waals surface area contributed by atoms with E-state index in [1.807, 2.05) is 42.7 Å². The van der Waals surface area contributed by atoms with Gasteiger partial charge in [-0.25, -0.2) is 9.37 Å². The molecule has 0 aliphatic heterocycles. The molecule has 25 heavy (non-hydrogen) atoms. The maximum absolute atomic E-state index is 13.7. The van der Waals surface area contributed by atoms with E-state index < -0.39 is 11.9 Å². The molecule has 2 atom stereocenters. The first kappa shape index (κ1) is 17.1. The van der Waals surface area contributed by atoms with Gasteiger partial charge in [-0.3, -0.25) is 9.36 Å². The second kappa shape index (κ2) is 6.67. The Morgan fingerprint density at radius 1 is 1.20 bits per heavy atom. The number of nitrogens with zero attached hydrogens (tertiary/aromatic N) is 2. The van der Waals surface area contributed by atoms with Crippen LogP contribution in [0, 0.1) is 11.7 Å². The number of hydrogen-bond acceptors (Lipinski definition) is 2. The molecule has 1 aromatic heterocycles. The third-order valence-electron chi connectivity index (χ3n) is 4.82. The first-order valence-corrected chi connectivity index (χ1v) is 8.42. The van der Waals surface area contributed by atoms with E-state index in [0.29, 0.717) is 0 Å². The lowest BCUT2D eigenvalue weighted by Gasteiger charge is -2.17. The monoisotopic (exact) mass is 340 g/mol. The van der Waals surface area contributed by atoms with E-state index in [-0.39, 0.29) is 11.7 Å². The Labute approximate surface area is 145 Å². The lowest BCUT2D eigenvalue weighted by Crippen LogP contribution is -2.16. The van der Waals surface area contributed by atoms with Gasteiger partial charge in [0.25, 0.3) is 0 Å². The molecule has 4 nitrogen and oxygen atoms in total. The van der Waals surface area contributed by atoms with Crippen molar-refractivity contribution in [3.05, 3.63) is 59.7 Å². The van der Waals surface area contributed by atoms with E-state index in [1.54, 1.807) is 13.0 Å². The van der Waals surface area contributed by atoms with Crippen molar-refractivity contribution in [1.82, 2.24) is 9.55 Å². The molecule has 2 aromatic carbocycles. The smallest absolute Gasteiger partial charge is 0.306 e. The summed E-state index contributed by atoms with van der Waals surface area (Å²) >= 11 is 0. The molecule has 130 valence electrons. The first-order chi connectivity index (χ1) is 11.9. The van der Waals surface area contributed by atoms with Gasteiger partial charge in [-0.15, -0.1) is 0 Å². The van der Waals surface area contributed by atoms with Crippen LogP contribution in [0.1, 0.15) is 38.1 Å². The minimum Gasteiger partial charge on any atom is -0.481 e. The van der Waals surface area contributed by atoms with Gasteiger partial charge in [0, 0.05) is 18.2 Å². The minimum atomic E-state index is -0.805. The van der Waals surface area contributed by atoms with Crippen molar-refractivity contribution in [2.24, 2.45) is 5.92 Å². The number of hydrogen-bond donors (Lipinski definition) is 1. The maximum atomic E-state index is 13.7. The van der Waals surface area contributed by atoms with E-state index in [9.17, 15) is 14.3 Å². The normalized spacial score (nSPS) is 13.8. The molecule has 0 amide bonds. The van der Waals surface area contributed by atoms with Gasteiger partial charge in [0.1, 0.15) is 11.6 Å². The average molecular weight is 340 g/mol. The highest BCUT2D eigenvalue weighted by molar-refractivity contribution is 5.78. The molecule has 0 aliphatic rings. The molecule has 0 bridgehead atoms. The van der Waals surface area contributed by atoms with Crippen LogP contribution in [-0.2, 0) is 11.2 Å². The molecule has 5 heteroatoms. The molecule has 0 radical (unpaired) electrons. The van der Waals surface area contributed by atoms with Crippen LogP contribution in [0.25, 0.3) is 16.7 Å². The molecule has 3 aromatic rings. The largest absolute Gasteiger partial charge is 0.481 e. The Kier molecular flexibility index (Phi) is 4.57. The number of aromatic nitrogens is 2. The summed E-state index contributed by atoms with van der Waals surface area (Å²) < 4.78 is 15.6. The summed E-state index contributed by atoms with van der Waals surface area (Å²) in [6.45, 7) is 5.63. The number of carbonyl (C=O) groups is 1. The summed E-state index contributed by atoms with van der Waals surface area (Å²) in [5.74, 6) is -0.785. The van der Waals surface area contributed by atoms with Crippen LogP contribution in [0.4, 0.5) is 4.39 Å². The molecule has 0 saturated carbocycles. The first-order valence-electron chi connectivity index (χ1n) is 8.42. The molecule has 0 spiro atoms. The Hall–Kier alpha value is -2.69. The molecule has 0 aliphatic carbocycles. The predicted molar refractivity (Wildman–Crippen MR) is 95.6 cm³/mol. The summed E-state index contributed by atoms with van der Waals surface area (Å²) in [5.41, 5.74) is 3.35. The van der Waals surface area contributed by atoms with Crippen molar-refractivity contribution in [2.75, 3.05) is 0 Å². The van der Waals surface area contributed by atoms with Gasteiger partial charge < -0.3 is 5.11 Å². The number of rotatable bonds is 5. The number of aliphatic carboxylic acids is 1. The summed E-state index contributed by atoms with van der Waals surface area (Å²) in [4.78, 5) is 15.8. The fourth-order valence-electron chi connectivity index (χ4n) is 3.05. The zero-order valence-electron chi connectivity index (χ0n) is 14.5. The van der Waals surface area contributed by atoms with Gasteiger partial charge >= 0.3 is 5.97 Å². The van der Waals surface area contributed by atoms with Gasteiger partial charge in [-0.05, 0) is 35.7 Å². The molecule has 1 N–H and O–H groups in total. The van der Waals surface area contributed by atoms with Crippen molar-refractivity contribution in [3.8, 4) is 5.69 Å². The van der Waals surface area contributed by atoms with E-state index in [0.717, 1.165) is 34.5 Å². The molecule has 3 rings (SSSR count). The quantitative estimate of drug-likeness (QED) is 0.741. The molecule has 0 saturated heterocycles. The van der Waals surface area contributed by atoms with Crippen LogP contribution in [0.5, 0.6) is 0 Å². The van der Waals surface area contributed by atoms with Gasteiger partial charge in [0.05, 0.1) is 17.0 Å². The van der Waals surface area contributed by atoms with E-state index in [4.69, 9.17) is 0 Å². The number of carboxylic acid groups (broad SMARTS) is 1. The highest BCUT2D eigenvalue weighted by Gasteiger charge is 2.21. The lowest BCUT2D eigenvalue weighted by molar-refractivity contribution is -0.141. The summed E-state index contributed by atoms with van der Waals surface area (Å²) in [5, 5.41) is 9.18. The Balaban J connectivity index is 2.04. The van der Waals surface area contributed by atoms with Gasteiger partial charge in [-0.1, -0.05) is 32.9 Å². The number of fused-ring (bicyclic) bond motifs is 1. The van der Waals surface area contributed by atoms with Crippen molar-refractivity contribution < 1.29 is 14.3 Å². The third-order valence-corrected chi connectivity index (χ3v) is 4.82. The molecular weight excluding hydrogens is 319 g/mol. The van der Waals surface area contributed by atoms with Crippen molar-refractivity contribution in [2.45, 2.75) is 33.1 Å². The molecular formula is C20H21FN2O2. The van der Waals surface area contributed by atoms with Crippen LogP contribution in [0.15, 0.2) is 42.5 Å².